The standard InChI is InChI=1S/C20H23N3O/c1-15(2)22-19-11-5-6-13-23(19)20(24)12-7-8-16-14-21-18-10-4-3-9-17(16)18/h3-6,9-11,13-15,21H,7-8,12H2,1-2H3. The van der Waals surface area contributed by atoms with Gasteiger partial charge in [0.25, 0.3) is 0 Å². The Kier molecular flexibility index (Phi) is 4.94. The Morgan fingerprint density at radius 2 is 1.96 bits per heavy atom. The van der Waals surface area contributed by atoms with Gasteiger partial charge in [-0.05, 0) is 50.5 Å². The van der Waals surface area contributed by atoms with Crippen LogP contribution in [0.3, 0.4) is 0 Å². The molecule has 0 saturated carbocycles. The number of aromatic nitrogens is 2. The molecule has 0 aliphatic carbocycles. The molecule has 0 spiro atoms. The zero-order valence-corrected chi connectivity index (χ0v) is 14.2. The molecular formula is C20H23N3O. The number of hydrogen-bond donors (Lipinski definition) is 1. The van der Waals surface area contributed by atoms with E-state index in [9.17, 15) is 4.79 Å². The van der Waals surface area contributed by atoms with Crippen molar-refractivity contribution in [1.82, 2.24) is 9.55 Å². The van der Waals surface area contributed by atoms with Gasteiger partial charge >= 0.3 is 0 Å². The van der Waals surface area contributed by atoms with Crippen LogP contribution in [0.5, 0.6) is 0 Å². The zero-order chi connectivity index (χ0) is 16.9. The van der Waals surface area contributed by atoms with Gasteiger partial charge in [-0.2, -0.15) is 0 Å². The van der Waals surface area contributed by atoms with E-state index in [-0.39, 0.29) is 11.9 Å². The summed E-state index contributed by atoms with van der Waals surface area (Å²) in [4.78, 5) is 20.3. The Bertz CT molecular complexity index is 902. The molecular weight excluding hydrogens is 298 g/mol. The van der Waals surface area contributed by atoms with Crippen LogP contribution < -0.4 is 5.49 Å². The third-order valence-electron chi connectivity index (χ3n) is 4.01. The molecule has 0 atom stereocenters. The van der Waals surface area contributed by atoms with Gasteiger partial charge in [0.1, 0.15) is 5.49 Å². The van der Waals surface area contributed by atoms with Crippen molar-refractivity contribution in [3.8, 4) is 0 Å². The molecule has 124 valence electrons. The molecule has 3 rings (SSSR count). The molecule has 0 unspecified atom stereocenters. The van der Waals surface area contributed by atoms with E-state index in [1.54, 1.807) is 10.8 Å². The fourth-order valence-electron chi connectivity index (χ4n) is 2.90. The minimum absolute atomic E-state index is 0.0924. The maximum atomic E-state index is 12.5. The third-order valence-corrected chi connectivity index (χ3v) is 4.01. The number of carbonyl (C=O) groups is 1. The molecule has 0 bridgehead atoms. The number of para-hydroxylation sites is 1. The normalized spacial score (nSPS) is 12.2. The maximum Gasteiger partial charge on any atom is 0.232 e. The number of benzene rings is 1. The average Bonchev–Trinajstić information content (AvgIpc) is 2.98. The van der Waals surface area contributed by atoms with Gasteiger partial charge in [-0.15, -0.1) is 0 Å². The second-order valence-corrected chi connectivity index (χ2v) is 6.26. The molecule has 4 heteroatoms. The topological polar surface area (TPSA) is 50.1 Å². The first-order chi connectivity index (χ1) is 11.6. The van der Waals surface area contributed by atoms with Crippen molar-refractivity contribution in [2.45, 2.75) is 39.2 Å². The molecule has 0 amide bonds. The van der Waals surface area contributed by atoms with E-state index in [1.807, 2.05) is 50.4 Å². The first-order valence-electron chi connectivity index (χ1n) is 8.45. The summed E-state index contributed by atoms with van der Waals surface area (Å²) in [5.74, 6) is 0.0924. The summed E-state index contributed by atoms with van der Waals surface area (Å²) in [7, 11) is 0. The third kappa shape index (κ3) is 3.65. The van der Waals surface area contributed by atoms with Crippen molar-refractivity contribution in [3.05, 3.63) is 65.9 Å². The van der Waals surface area contributed by atoms with Gasteiger partial charge in [-0.1, -0.05) is 24.3 Å². The molecule has 0 aliphatic heterocycles. The van der Waals surface area contributed by atoms with Gasteiger partial charge in [0, 0.05) is 35.8 Å². The van der Waals surface area contributed by atoms with Gasteiger partial charge in [0.2, 0.25) is 5.91 Å². The van der Waals surface area contributed by atoms with Crippen LogP contribution in [0.15, 0.2) is 59.9 Å². The molecule has 0 radical (unpaired) electrons. The van der Waals surface area contributed by atoms with E-state index >= 15 is 0 Å². The molecule has 2 heterocycles. The summed E-state index contributed by atoms with van der Waals surface area (Å²) in [6, 6.07) is 14.1. The van der Waals surface area contributed by atoms with E-state index < -0.39 is 0 Å². The maximum absolute atomic E-state index is 12.5. The minimum atomic E-state index is 0.0924. The van der Waals surface area contributed by atoms with Crippen molar-refractivity contribution in [2.75, 3.05) is 0 Å². The highest BCUT2D eigenvalue weighted by atomic mass is 16.2. The Morgan fingerprint density at radius 1 is 1.17 bits per heavy atom. The van der Waals surface area contributed by atoms with Crippen molar-refractivity contribution < 1.29 is 4.79 Å². The number of pyridine rings is 1. The van der Waals surface area contributed by atoms with Crippen LogP contribution in [-0.4, -0.2) is 21.5 Å². The van der Waals surface area contributed by atoms with Crippen LogP contribution in [0, 0.1) is 0 Å². The van der Waals surface area contributed by atoms with E-state index in [0.29, 0.717) is 6.42 Å². The van der Waals surface area contributed by atoms with E-state index in [2.05, 4.69) is 22.1 Å². The number of nitrogens with one attached hydrogen (secondary N) is 1. The molecule has 1 N–H and O–H groups in total. The molecule has 0 fully saturated rings. The fourth-order valence-corrected chi connectivity index (χ4v) is 2.90. The highest BCUT2D eigenvalue weighted by molar-refractivity contribution is 5.83. The number of aromatic amines is 1. The van der Waals surface area contributed by atoms with Gasteiger partial charge in [0.05, 0.1) is 0 Å². The Balaban J connectivity index is 1.68. The largest absolute Gasteiger partial charge is 0.361 e. The second kappa shape index (κ2) is 7.30. The Labute approximate surface area is 141 Å². The Hall–Kier alpha value is -2.62. The Morgan fingerprint density at radius 3 is 2.79 bits per heavy atom. The number of H-pyrrole nitrogens is 1. The summed E-state index contributed by atoms with van der Waals surface area (Å²) in [6.07, 6.45) is 6.07. The smallest absolute Gasteiger partial charge is 0.232 e. The van der Waals surface area contributed by atoms with Gasteiger partial charge in [0.15, 0.2) is 0 Å². The quantitative estimate of drug-likeness (QED) is 0.760. The lowest BCUT2D eigenvalue weighted by molar-refractivity contribution is 0.0894. The molecule has 0 aliphatic rings. The monoisotopic (exact) mass is 321 g/mol. The predicted octanol–water partition coefficient (Wildman–Crippen LogP) is 3.94. The lowest BCUT2D eigenvalue weighted by Gasteiger charge is -2.07. The van der Waals surface area contributed by atoms with Crippen LogP contribution in [0.25, 0.3) is 10.9 Å². The van der Waals surface area contributed by atoms with Crippen LogP contribution in [0.1, 0.15) is 37.0 Å². The second-order valence-electron chi connectivity index (χ2n) is 6.26. The van der Waals surface area contributed by atoms with Gasteiger partial charge in [-0.25, -0.2) is 0 Å². The summed E-state index contributed by atoms with van der Waals surface area (Å²) in [6.45, 7) is 4.03. The zero-order valence-electron chi connectivity index (χ0n) is 14.2. The lowest BCUT2D eigenvalue weighted by atomic mass is 10.1. The van der Waals surface area contributed by atoms with Gasteiger partial charge in [-0.3, -0.25) is 14.4 Å². The van der Waals surface area contributed by atoms with E-state index in [1.165, 1.54) is 10.9 Å². The van der Waals surface area contributed by atoms with Crippen LogP contribution >= 0.6 is 0 Å². The van der Waals surface area contributed by atoms with Crippen molar-refractivity contribution in [2.24, 2.45) is 4.99 Å². The molecule has 0 saturated heterocycles. The highest BCUT2D eigenvalue weighted by Crippen LogP contribution is 2.19. The predicted molar refractivity (Wildman–Crippen MR) is 97.0 cm³/mol. The van der Waals surface area contributed by atoms with Crippen molar-refractivity contribution in [1.29, 1.82) is 0 Å². The van der Waals surface area contributed by atoms with E-state index in [0.717, 1.165) is 23.8 Å². The molecule has 24 heavy (non-hydrogen) atoms. The summed E-state index contributed by atoms with van der Waals surface area (Å²) >= 11 is 0. The van der Waals surface area contributed by atoms with Gasteiger partial charge < -0.3 is 4.98 Å². The number of carbonyl (C=O) groups excluding carboxylic acids is 1. The molecule has 4 nitrogen and oxygen atoms in total. The number of rotatable bonds is 5. The molecule has 2 aromatic heterocycles. The van der Waals surface area contributed by atoms with Crippen molar-refractivity contribution in [3.63, 3.8) is 0 Å². The van der Waals surface area contributed by atoms with Crippen LogP contribution in [0.2, 0.25) is 0 Å². The molecule has 1 aromatic carbocycles. The number of aryl methyl sites for hydroxylation is 1. The summed E-state index contributed by atoms with van der Waals surface area (Å²) in [5.41, 5.74) is 3.14. The van der Waals surface area contributed by atoms with Crippen LogP contribution in [0.4, 0.5) is 0 Å². The van der Waals surface area contributed by atoms with E-state index in [4.69, 9.17) is 0 Å². The summed E-state index contributed by atoms with van der Waals surface area (Å²) < 4.78 is 1.66. The molecule has 3 aromatic rings. The number of nitrogens with zero attached hydrogens (tertiary/aromatic N) is 2. The lowest BCUT2D eigenvalue weighted by Crippen LogP contribution is -2.27. The minimum Gasteiger partial charge on any atom is -0.361 e. The highest BCUT2D eigenvalue weighted by Gasteiger charge is 2.08. The summed E-state index contributed by atoms with van der Waals surface area (Å²) in [5, 5.41) is 1.24. The van der Waals surface area contributed by atoms with Crippen molar-refractivity contribution >= 4 is 16.8 Å². The first-order valence-corrected chi connectivity index (χ1v) is 8.45. The SMILES string of the molecule is CC(C)N=c1ccccn1C(=O)CCCc1c[nH]c2ccccc12. The fraction of sp³-hybridized carbons (Fsp3) is 0.300. The first kappa shape index (κ1) is 16.2. The van der Waals surface area contributed by atoms with Crippen LogP contribution in [-0.2, 0) is 6.42 Å². The number of fused-ring (bicyclic) bond motifs is 1. The average molecular weight is 321 g/mol. The number of hydrogen-bond acceptors (Lipinski definition) is 2.